The number of hydrogen-bond donors (Lipinski definition) is 2. The van der Waals surface area contributed by atoms with E-state index in [0.29, 0.717) is 24.5 Å². The first-order valence-corrected chi connectivity index (χ1v) is 6.21. The molecule has 0 radical (unpaired) electrons. The third-order valence-electron chi connectivity index (χ3n) is 2.87. The molecule has 0 spiro atoms. The van der Waals surface area contributed by atoms with E-state index in [1.165, 1.54) is 6.07 Å². The summed E-state index contributed by atoms with van der Waals surface area (Å²) in [6.07, 6.45) is 1.76. The van der Waals surface area contributed by atoms with Crippen LogP contribution in [0.2, 0.25) is 0 Å². The topological polar surface area (TPSA) is 49.9 Å². The molecule has 0 aliphatic rings. The summed E-state index contributed by atoms with van der Waals surface area (Å²) in [6, 6.07) is 5.11. The van der Waals surface area contributed by atoms with Crippen molar-refractivity contribution in [2.45, 2.75) is 13.5 Å². The SMILES string of the molecule is COCCNCc1cnc(-c2ccc(C)c(F)c2)[nH]1. The van der Waals surface area contributed by atoms with Crippen molar-refractivity contribution in [1.29, 1.82) is 0 Å². The molecular weight excluding hydrogens is 245 g/mol. The molecule has 2 rings (SSSR count). The average molecular weight is 263 g/mol. The summed E-state index contributed by atoms with van der Waals surface area (Å²) in [5.41, 5.74) is 2.36. The molecule has 0 aliphatic heterocycles. The van der Waals surface area contributed by atoms with Crippen molar-refractivity contribution in [3.8, 4) is 11.4 Å². The number of halogens is 1. The van der Waals surface area contributed by atoms with Crippen LogP contribution >= 0.6 is 0 Å². The molecule has 1 aromatic heterocycles. The standard InChI is InChI=1S/C14H18FN3O/c1-10-3-4-11(7-13(10)15)14-17-9-12(18-14)8-16-5-6-19-2/h3-4,7,9,16H,5-6,8H2,1-2H3,(H,17,18). The highest BCUT2D eigenvalue weighted by Crippen LogP contribution is 2.18. The minimum absolute atomic E-state index is 0.214. The van der Waals surface area contributed by atoms with Gasteiger partial charge in [-0.1, -0.05) is 12.1 Å². The predicted molar refractivity (Wildman–Crippen MR) is 72.3 cm³/mol. The van der Waals surface area contributed by atoms with Crippen LogP contribution in [0.15, 0.2) is 24.4 Å². The molecule has 1 aromatic carbocycles. The van der Waals surface area contributed by atoms with E-state index in [1.807, 2.05) is 6.07 Å². The lowest BCUT2D eigenvalue weighted by molar-refractivity contribution is 0.199. The molecule has 19 heavy (non-hydrogen) atoms. The Labute approximate surface area is 112 Å². The third-order valence-corrected chi connectivity index (χ3v) is 2.87. The highest BCUT2D eigenvalue weighted by atomic mass is 19.1. The van der Waals surface area contributed by atoms with Crippen LogP contribution in [-0.4, -0.2) is 30.2 Å². The van der Waals surface area contributed by atoms with E-state index >= 15 is 0 Å². The van der Waals surface area contributed by atoms with Crippen molar-refractivity contribution in [3.63, 3.8) is 0 Å². The lowest BCUT2D eigenvalue weighted by atomic mass is 10.1. The van der Waals surface area contributed by atoms with Crippen LogP contribution in [0.1, 0.15) is 11.3 Å². The van der Waals surface area contributed by atoms with Gasteiger partial charge in [0.1, 0.15) is 11.6 Å². The highest BCUT2D eigenvalue weighted by Gasteiger charge is 2.06. The number of H-pyrrole nitrogens is 1. The number of aryl methyl sites for hydroxylation is 1. The molecule has 0 unspecified atom stereocenters. The largest absolute Gasteiger partial charge is 0.383 e. The molecule has 0 saturated carbocycles. The van der Waals surface area contributed by atoms with Gasteiger partial charge in [-0.15, -0.1) is 0 Å². The molecule has 2 N–H and O–H groups in total. The summed E-state index contributed by atoms with van der Waals surface area (Å²) < 4.78 is 18.4. The summed E-state index contributed by atoms with van der Waals surface area (Å²) >= 11 is 0. The Morgan fingerprint density at radius 3 is 3.00 bits per heavy atom. The molecule has 1 heterocycles. The van der Waals surface area contributed by atoms with Crippen molar-refractivity contribution < 1.29 is 9.13 Å². The Bertz CT molecular complexity index is 539. The van der Waals surface area contributed by atoms with Gasteiger partial charge in [0.2, 0.25) is 0 Å². The minimum Gasteiger partial charge on any atom is -0.383 e. The molecule has 0 fully saturated rings. The van der Waals surface area contributed by atoms with Crippen LogP contribution in [0.4, 0.5) is 4.39 Å². The summed E-state index contributed by atoms with van der Waals surface area (Å²) in [6.45, 7) is 3.88. The normalized spacial score (nSPS) is 10.9. The van der Waals surface area contributed by atoms with Gasteiger partial charge in [-0.05, 0) is 18.6 Å². The second-order valence-corrected chi connectivity index (χ2v) is 4.39. The first kappa shape index (κ1) is 13.7. The van der Waals surface area contributed by atoms with Gasteiger partial charge in [-0.2, -0.15) is 0 Å². The minimum atomic E-state index is -0.214. The number of imidazole rings is 1. The fourth-order valence-electron chi connectivity index (χ4n) is 1.73. The lowest BCUT2D eigenvalue weighted by Crippen LogP contribution is -2.18. The molecule has 0 atom stereocenters. The number of nitrogens with zero attached hydrogens (tertiary/aromatic N) is 1. The molecule has 0 amide bonds. The maximum Gasteiger partial charge on any atom is 0.137 e. The number of rotatable bonds is 6. The number of aromatic nitrogens is 2. The van der Waals surface area contributed by atoms with Crippen molar-refractivity contribution in [2.24, 2.45) is 0 Å². The van der Waals surface area contributed by atoms with Gasteiger partial charge >= 0.3 is 0 Å². The second kappa shape index (κ2) is 6.45. The van der Waals surface area contributed by atoms with E-state index in [4.69, 9.17) is 4.74 Å². The van der Waals surface area contributed by atoms with Crippen LogP contribution in [0.25, 0.3) is 11.4 Å². The predicted octanol–water partition coefficient (Wildman–Crippen LogP) is 2.26. The van der Waals surface area contributed by atoms with Crippen molar-refractivity contribution in [2.75, 3.05) is 20.3 Å². The van der Waals surface area contributed by atoms with E-state index in [-0.39, 0.29) is 5.82 Å². The van der Waals surface area contributed by atoms with Crippen LogP contribution < -0.4 is 5.32 Å². The van der Waals surface area contributed by atoms with Crippen LogP contribution in [0.3, 0.4) is 0 Å². The molecular formula is C14H18FN3O. The van der Waals surface area contributed by atoms with Crippen LogP contribution in [0.5, 0.6) is 0 Å². The monoisotopic (exact) mass is 263 g/mol. The van der Waals surface area contributed by atoms with Gasteiger partial charge in [0.25, 0.3) is 0 Å². The zero-order valence-corrected chi connectivity index (χ0v) is 11.2. The van der Waals surface area contributed by atoms with Crippen molar-refractivity contribution in [3.05, 3.63) is 41.5 Å². The van der Waals surface area contributed by atoms with E-state index in [9.17, 15) is 4.39 Å². The maximum atomic E-state index is 13.5. The zero-order chi connectivity index (χ0) is 13.7. The average Bonchev–Trinajstić information content (AvgIpc) is 2.87. The molecule has 5 heteroatoms. The number of aromatic amines is 1. The van der Waals surface area contributed by atoms with Crippen LogP contribution in [0, 0.1) is 12.7 Å². The Morgan fingerprint density at radius 2 is 2.26 bits per heavy atom. The summed E-state index contributed by atoms with van der Waals surface area (Å²) in [5, 5.41) is 3.22. The smallest absolute Gasteiger partial charge is 0.137 e. The summed E-state index contributed by atoms with van der Waals surface area (Å²) in [7, 11) is 1.67. The van der Waals surface area contributed by atoms with E-state index in [2.05, 4.69) is 15.3 Å². The van der Waals surface area contributed by atoms with Crippen molar-refractivity contribution >= 4 is 0 Å². The number of ether oxygens (including phenoxy) is 1. The molecule has 2 aromatic rings. The van der Waals surface area contributed by atoms with Gasteiger partial charge in [0.15, 0.2) is 0 Å². The number of nitrogens with one attached hydrogen (secondary N) is 2. The highest BCUT2D eigenvalue weighted by molar-refractivity contribution is 5.55. The molecule has 0 saturated heterocycles. The van der Waals surface area contributed by atoms with Gasteiger partial charge < -0.3 is 15.0 Å². The van der Waals surface area contributed by atoms with Gasteiger partial charge in [0, 0.05) is 37.7 Å². The quantitative estimate of drug-likeness (QED) is 0.786. The Hall–Kier alpha value is -1.72. The fraction of sp³-hybridized carbons (Fsp3) is 0.357. The molecule has 4 nitrogen and oxygen atoms in total. The molecule has 102 valence electrons. The maximum absolute atomic E-state index is 13.5. The number of hydrogen-bond acceptors (Lipinski definition) is 3. The Kier molecular flexibility index (Phi) is 4.65. The van der Waals surface area contributed by atoms with Gasteiger partial charge in [-0.3, -0.25) is 0 Å². The Morgan fingerprint density at radius 1 is 1.42 bits per heavy atom. The van der Waals surface area contributed by atoms with Gasteiger partial charge in [0.05, 0.1) is 6.61 Å². The lowest BCUT2D eigenvalue weighted by Gasteiger charge is -2.02. The Balaban J connectivity index is 2.01. The van der Waals surface area contributed by atoms with Crippen molar-refractivity contribution in [1.82, 2.24) is 15.3 Å². The van der Waals surface area contributed by atoms with Gasteiger partial charge in [-0.25, -0.2) is 9.37 Å². The van der Waals surface area contributed by atoms with E-state index < -0.39 is 0 Å². The number of benzene rings is 1. The van der Waals surface area contributed by atoms with E-state index in [0.717, 1.165) is 17.8 Å². The second-order valence-electron chi connectivity index (χ2n) is 4.39. The summed E-state index contributed by atoms with van der Waals surface area (Å²) in [5.74, 6) is 0.469. The van der Waals surface area contributed by atoms with Crippen LogP contribution in [-0.2, 0) is 11.3 Å². The first-order chi connectivity index (χ1) is 9.20. The fourth-order valence-corrected chi connectivity index (χ4v) is 1.73. The van der Waals surface area contributed by atoms with E-state index in [1.54, 1.807) is 26.3 Å². The first-order valence-electron chi connectivity index (χ1n) is 6.21. The number of methoxy groups -OCH3 is 1. The molecule has 0 aliphatic carbocycles. The zero-order valence-electron chi connectivity index (χ0n) is 11.2. The molecule has 0 bridgehead atoms. The summed E-state index contributed by atoms with van der Waals surface area (Å²) in [4.78, 5) is 7.43. The third kappa shape index (κ3) is 3.62.